The lowest BCUT2D eigenvalue weighted by Crippen LogP contribution is -2.17. The van der Waals surface area contributed by atoms with Gasteiger partial charge in [0.1, 0.15) is 4.90 Å². The van der Waals surface area contributed by atoms with Crippen molar-refractivity contribution >= 4 is 43.8 Å². The number of carboxylic acid groups (broad SMARTS) is 1. The fourth-order valence-corrected chi connectivity index (χ4v) is 4.17. The molecule has 0 amide bonds. The molecule has 4 rings (SSSR count). The third-order valence-corrected chi connectivity index (χ3v) is 5.94. The van der Waals surface area contributed by atoms with E-state index < -0.39 is 16.0 Å². The molecule has 0 bridgehead atoms. The number of anilines is 3. The van der Waals surface area contributed by atoms with Crippen LogP contribution in [0.3, 0.4) is 0 Å². The van der Waals surface area contributed by atoms with Crippen LogP contribution in [0.2, 0.25) is 0 Å². The highest BCUT2D eigenvalue weighted by molar-refractivity contribution is 7.89. The molecule has 0 heterocycles. The second-order valence-corrected chi connectivity index (χ2v) is 8.80. The normalized spacial score (nSPS) is 11.3. The van der Waals surface area contributed by atoms with Crippen molar-refractivity contribution in [3.05, 3.63) is 96.1 Å². The number of carboxylic acids is 1. The van der Waals surface area contributed by atoms with Crippen LogP contribution < -0.4 is 15.8 Å². The zero-order chi connectivity index (χ0) is 22.7. The van der Waals surface area contributed by atoms with E-state index in [1.165, 1.54) is 6.07 Å². The van der Waals surface area contributed by atoms with E-state index in [1.807, 2.05) is 72.8 Å². The molecule has 0 aliphatic heterocycles. The second kappa shape index (κ2) is 8.70. The average Bonchev–Trinajstić information content (AvgIpc) is 2.78. The molecule has 0 unspecified atom stereocenters. The minimum Gasteiger partial charge on any atom is -0.478 e. The third-order valence-electron chi connectivity index (χ3n) is 5.00. The molecule has 0 aliphatic carbocycles. The van der Waals surface area contributed by atoms with E-state index in [4.69, 9.17) is 5.14 Å². The Morgan fingerprint density at radius 1 is 0.875 bits per heavy atom. The number of rotatable bonds is 7. The van der Waals surface area contributed by atoms with Crippen LogP contribution in [0.25, 0.3) is 10.8 Å². The number of nitrogens with two attached hydrogens (primary N) is 1. The first kappa shape index (κ1) is 21.4. The highest BCUT2D eigenvalue weighted by atomic mass is 32.2. The summed E-state index contributed by atoms with van der Waals surface area (Å²) < 4.78 is 24.7. The molecule has 8 heteroatoms. The molecule has 0 atom stereocenters. The van der Waals surface area contributed by atoms with Crippen molar-refractivity contribution in [1.29, 1.82) is 0 Å². The van der Waals surface area contributed by atoms with Crippen molar-refractivity contribution in [3.63, 3.8) is 0 Å². The van der Waals surface area contributed by atoms with E-state index >= 15 is 0 Å². The summed E-state index contributed by atoms with van der Waals surface area (Å²) in [5, 5.41) is 23.2. The van der Waals surface area contributed by atoms with Crippen molar-refractivity contribution in [2.75, 3.05) is 10.6 Å². The summed E-state index contributed by atoms with van der Waals surface area (Å²) >= 11 is 0. The van der Waals surface area contributed by atoms with Crippen molar-refractivity contribution in [2.45, 2.75) is 11.4 Å². The number of carbonyl (C=O) groups is 1. The van der Waals surface area contributed by atoms with Gasteiger partial charge in [-0.25, -0.2) is 18.4 Å². The Hall–Kier alpha value is -3.88. The largest absolute Gasteiger partial charge is 0.478 e. The zero-order valence-corrected chi connectivity index (χ0v) is 17.8. The summed E-state index contributed by atoms with van der Waals surface area (Å²) in [4.78, 5) is 11.3. The highest BCUT2D eigenvalue weighted by Gasteiger charge is 2.22. The Balaban J connectivity index is 1.81. The lowest BCUT2D eigenvalue weighted by atomic mass is 10.1. The van der Waals surface area contributed by atoms with Crippen LogP contribution in [-0.4, -0.2) is 19.5 Å². The maximum atomic E-state index is 12.4. The predicted molar refractivity (Wildman–Crippen MR) is 126 cm³/mol. The number of fused-ring (bicyclic) bond motifs is 1. The second-order valence-electron chi connectivity index (χ2n) is 7.27. The van der Waals surface area contributed by atoms with Gasteiger partial charge in [-0.3, -0.25) is 0 Å². The molecule has 0 aliphatic rings. The molecule has 0 fully saturated rings. The molecule has 0 saturated heterocycles. The van der Waals surface area contributed by atoms with Gasteiger partial charge in [0.05, 0.1) is 16.9 Å². The Labute approximate surface area is 185 Å². The van der Waals surface area contributed by atoms with Crippen molar-refractivity contribution < 1.29 is 18.3 Å². The SMILES string of the molecule is NS(=O)(=O)c1cc(C(=O)O)cc(NCc2ccccc2)c1Nc1ccc2ccccc2c1. The Morgan fingerprint density at radius 3 is 2.25 bits per heavy atom. The summed E-state index contributed by atoms with van der Waals surface area (Å²) in [6.07, 6.45) is 0. The van der Waals surface area contributed by atoms with Gasteiger partial charge in [-0.05, 0) is 40.6 Å². The van der Waals surface area contributed by atoms with Gasteiger partial charge in [-0.15, -0.1) is 0 Å². The van der Waals surface area contributed by atoms with Crippen LogP contribution in [0.5, 0.6) is 0 Å². The molecular formula is C24H21N3O4S. The maximum Gasteiger partial charge on any atom is 0.335 e. The van der Waals surface area contributed by atoms with Gasteiger partial charge < -0.3 is 15.7 Å². The third kappa shape index (κ3) is 4.72. The van der Waals surface area contributed by atoms with Crippen molar-refractivity contribution in [3.8, 4) is 0 Å². The number of aromatic carboxylic acids is 1. The van der Waals surface area contributed by atoms with Gasteiger partial charge in [0.15, 0.2) is 0 Å². The number of primary sulfonamides is 1. The Kier molecular flexibility index (Phi) is 5.81. The lowest BCUT2D eigenvalue weighted by molar-refractivity contribution is 0.0696. The van der Waals surface area contributed by atoms with Gasteiger partial charge in [0, 0.05) is 12.2 Å². The standard InChI is InChI=1S/C24H21N3O4S/c25-32(30,31)22-14-19(24(28)29)13-21(26-15-16-6-2-1-3-7-16)23(22)27-20-11-10-17-8-4-5-9-18(17)12-20/h1-14,26-27H,15H2,(H,28,29)(H2,25,30,31). The summed E-state index contributed by atoms with van der Waals surface area (Å²) in [5.41, 5.74) is 1.89. The number of nitrogens with one attached hydrogen (secondary N) is 2. The molecule has 7 nitrogen and oxygen atoms in total. The van der Waals surface area contributed by atoms with Crippen LogP contribution in [0, 0.1) is 0 Å². The van der Waals surface area contributed by atoms with Crippen molar-refractivity contribution in [2.24, 2.45) is 5.14 Å². The number of sulfonamides is 1. The van der Waals surface area contributed by atoms with E-state index in [9.17, 15) is 18.3 Å². The molecular weight excluding hydrogens is 426 g/mol. The lowest BCUT2D eigenvalue weighted by Gasteiger charge is -2.18. The van der Waals surface area contributed by atoms with Gasteiger partial charge in [-0.1, -0.05) is 60.7 Å². The monoisotopic (exact) mass is 447 g/mol. The molecule has 4 aromatic rings. The summed E-state index contributed by atoms with van der Waals surface area (Å²) in [6.45, 7) is 0.361. The fourth-order valence-electron chi connectivity index (χ4n) is 3.44. The smallest absolute Gasteiger partial charge is 0.335 e. The van der Waals surface area contributed by atoms with Crippen molar-refractivity contribution in [1.82, 2.24) is 0 Å². The Bertz CT molecular complexity index is 1400. The highest BCUT2D eigenvalue weighted by Crippen LogP contribution is 2.35. The minimum atomic E-state index is -4.22. The topological polar surface area (TPSA) is 122 Å². The molecule has 32 heavy (non-hydrogen) atoms. The maximum absolute atomic E-state index is 12.4. The van der Waals surface area contributed by atoms with Crippen LogP contribution >= 0.6 is 0 Å². The van der Waals surface area contributed by atoms with E-state index in [0.717, 1.165) is 22.4 Å². The van der Waals surface area contributed by atoms with E-state index in [-0.39, 0.29) is 16.1 Å². The van der Waals surface area contributed by atoms with Gasteiger partial charge >= 0.3 is 5.97 Å². The van der Waals surface area contributed by atoms with E-state index in [0.29, 0.717) is 17.9 Å². The minimum absolute atomic E-state index is 0.184. The predicted octanol–water partition coefficient (Wildman–Crippen LogP) is 4.54. The number of hydrogen-bond acceptors (Lipinski definition) is 5. The summed E-state index contributed by atoms with van der Waals surface area (Å²) in [5.74, 6) is -1.25. The van der Waals surface area contributed by atoms with E-state index in [1.54, 1.807) is 0 Å². The number of benzene rings is 4. The Morgan fingerprint density at radius 2 is 1.56 bits per heavy atom. The van der Waals surface area contributed by atoms with E-state index in [2.05, 4.69) is 10.6 Å². The quantitative estimate of drug-likeness (QED) is 0.330. The molecule has 162 valence electrons. The summed E-state index contributed by atoms with van der Waals surface area (Å²) in [7, 11) is -4.22. The molecule has 0 radical (unpaired) electrons. The van der Waals surface area contributed by atoms with Crippen LogP contribution in [0.4, 0.5) is 17.1 Å². The van der Waals surface area contributed by atoms with Gasteiger partial charge in [0.25, 0.3) is 0 Å². The van der Waals surface area contributed by atoms with Gasteiger partial charge in [-0.2, -0.15) is 0 Å². The average molecular weight is 448 g/mol. The first-order chi connectivity index (χ1) is 15.3. The molecule has 0 spiro atoms. The zero-order valence-electron chi connectivity index (χ0n) is 16.9. The van der Waals surface area contributed by atoms with Gasteiger partial charge in [0.2, 0.25) is 10.0 Å². The van der Waals surface area contributed by atoms with Crippen LogP contribution in [0.1, 0.15) is 15.9 Å². The number of hydrogen-bond donors (Lipinski definition) is 4. The van der Waals surface area contributed by atoms with Crippen LogP contribution in [-0.2, 0) is 16.6 Å². The first-order valence-corrected chi connectivity index (χ1v) is 11.3. The molecule has 0 saturated carbocycles. The summed E-state index contributed by atoms with van der Waals surface area (Å²) in [6, 6.07) is 25.3. The molecule has 4 aromatic carbocycles. The fraction of sp³-hybridized carbons (Fsp3) is 0.0417. The first-order valence-electron chi connectivity index (χ1n) is 9.79. The molecule has 0 aromatic heterocycles. The van der Waals surface area contributed by atoms with Crippen LogP contribution in [0.15, 0.2) is 89.8 Å². The molecule has 5 N–H and O–H groups in total.